The highest BCUT2D eigenvalue weighted by molar-refractivity contribution is 4.87. The van der Waals surface area contributed by atoms with Crippen LogP contribution in [-0.4, -0.2) is 48.3 Å². The zero-order valence-electron chi connectivity index (χ0n) is 11.4. The molecule has 0 radical (unpaired) electrons. The van der Waals surface area contributed by atoms with E-state index in [-0.39, 0.29) is 6.10 Å². The second-order valence-electron chi connectivity index (χ2n) is 5.95. The van der Waals surface area contributed by atoms with Gasteiger partial charge in [0.05, 0.1) is 6.10 Å². The highest BCUT2D eigenvalue weighted by Gasteiger charge is 2.31. The van der Waals surface area contributed by atoms with Gasteiger partial charge in [-0.25, -0.2) is 0 Å². The van der Waals surface area contributed by atoms with E-state index in [1.54, 1.807) is 0 Å². The minimum atomic E-state index is -0.0700. The van der Waals surface area contributed by atoms with Gasteiger partial charge < -0.3 is 15.3 Å². The molecule has 17 heavy (non-hydrogen) atoms. The Kier molecular flexibility index (Phi) is 4.83. The molecule has 4 atom stereocenters. The lowest BCUT2D eigenvalue weighted by Gasteiger charge is -2.36. The second kappa shape index (κ2) is 6.17. The Balaban J connectivity index is 1.80. The van der Waals surface area contributed by atoms with Crippen molar-refractivity contribution < 1.29 is 5.11 Å². The minimum absolute atomic E-state index is 0.0700. The first-order valence-electron chi connectivity index (χ1n) is 7.34. The van der Waals surface area contributed by atoms with Gasteiger partial charge in [0.25, 0.3) is 0 Å². The summed E-state index contributed by atoms with van der Waals surface area (Å²) in [6.45, 7) is 8.87. The van der Waals surface area contributed by atoms with Crippen LogP contribution in [0.15, 0.2) is 0 Å². The number of aliphatic hydroxyl groups excluding tert-OH is 1. The number of nitrogens with zero attached hydrogens (tertiary/aromatic N) is 1. The van der Waals surface area contributed by atoms with Gasteiger partial charge in [-0.05, 0) is 37.6 Å². The van der Waals surface area contributed by atoms with Crippen LogP contribution >= 0.6 is 0 Å². The predicted molar refractivity (Wildman–Crippen MR) is 71.0 cm³/mol. The molecule has 2 fully saturated rings. The van der Waals surface area contributed by atoms with Gasteiger partial charge in [0.15, 0.2) is 0 Å². The Labute approximate surface area is 106 Å². The minimum Gasteiger partial charge on any atom is -0.393 e. The molecule has 0 aromatic carbocycles. The zero-order valence-corrected chi connectivity index (χ0v) is 11.4. The molecular weight excluding hydrogens is 212 g/mol. The first-order valence-corrected chi connectivity index (χ1v) is 7.34. The maximum Gasteiger partial charge on any atom is 0.0590 e. The molecule has 0 amide bonds. The third-order valence-electron chi connectivity index (χ3n) is 4.56. The molecule has 0 spiro atoms. The van der Waals surface area contributed by atoms with Crippen LogP contribution in [0.5, 0.6) is 0 Å². The quantitative estimate of drug-likeness (QED) is 0.781. The van der Waals surface area contributed by atoms with Crippen LogP contribution in [0.3, 0.4) is 0 Å². The van der Waals surface area contributed by atoms with Crippen molar-refractivity contribution in [3.63, 3.8) is 0 Å². The monoisotopic (exact) mass is 240 g/mol. The maximum absolute atomic E-state index is 9.75. The fourth-order valence-electron chi connectivity index (χ4n) is 3.50. The lowest BCUT2D eigenvalue weighted by atomic mass is 9.94. The summed E-state index contributed by atoms with van der Waals surface area (Å²) >= 11 is 0. The normalized spacial score (nSPS) is 39.7. The van der Waals surface area contributed by atoms with E-state index < -0.39 is 0 Å². The number of piperidine rings is 1. The summed E-state index contributed by atoms with van der Waals surface area (Å²) in [5.41, 5.74) is 0. The molecule has 1 saturated carbocycles. The number of likely N-dealkylation sites (tertiary alicyclic amines) is 1. The van der Waals surface area contributed by atoms with E-state index in [1.165, 1.54) is 25.8 Å². The Morgan fingerprint density at radius 3 is 2.82 bits per heavy atom. The largest absolute Gasteiger partial charge is 0.393 e. The molecule has 4 unspecified atom stereocenters. The van der Waals surface area contributed by atoms with E-state index in [9.17, 15) is 5.11 Å². The van der Waals surface area contributed by atoms with Gasteiger partial charge >= 0.3 is 0 Å². The maximum atomic E-state index is 9.75. The Hall–Kier alpha value is -0.120. The summed E-state index contributed by atoms with van der Waals surface area (Å²) in [7, 11) is 0. The van der Waals surface area contributed by atoms with Gasteiger partial charge in [-0.3, -0.25) is 0 Å². The Morgan fingerprint density at radius 2 is 2.12 bits per heavy atom. The Bertz CT molecular complexity index is 234. The van der Waals surface area contributed by atoms with Crippen LogP contribution in [0, 0.1) is 11.8 Å². The summed E-state index contributed by atoms with van der Waals surface area (Å²) in [6.07, 6.45) is 5.00. The molecule has 0 aromatic rings. The molecule has 0 bridgehead atoms. The third kappa shape index (κ3) is 3.43. The number of aliphatic hydroxyl groups is 1. The van der Waals surface area contributed by atoms with Crippen molar-refractivity contribution in [2.75, 3.05) is 26.2 Å². The van der Waals surface area contributed by atoms with Crippen LogP contribution in [0.25, 0.3) is 0 Å². The van der Waals surface area contributed by atoms with E-state index in [1.807, 2.05) is 0 Å². The van der Waals surface area contributed by atoms with E-state index in [4.69, 9.17) is 0 Å². The fraction of sp³-hybridized carbons (Fsp3) is 1.00. The van der Waals surface area contributed by atoms with Crippen molar-refractivity contribution in [1.29, 1.82) is 0 Å². The van der Waals surface area contributed by atoms with Crippen LogP contribution in [0.1, 0.15) is 39.5 Å². The van der Waals surface area contributed by atoms with Crippen LogP contribution < -0.4 is 5.32 Å². The van der Waals surface area contributed by atoms with E-state index in [0.29, 0.717) is 5.92 Å². The SMILES string of the molecule is CCNC1CCCC1CN1CCC(O)C(C)C1. The van der Waals surface area contributed by atoms with Crippen LogP contribution in [0.2, 0.25) is 0 Å². The van der Waals surface area contributed by atoms with E-state index in [0.717, 1.165) is 38.0 Å². The molecule has 1 aliphatic heterocycles. The molecule has 1 saturated heterocycles. The van der Waals surface area contributed by atoms with Crippen LogP contribution in [-0.2, 0) is 0 Å². The standard InChI is InChI=1S/C14H28N2O/c1-3-15-13-6-4-5-12(13)10-16-8-7-14(17)11(2)9-16/h11-15,17H,3-10H2,1-2H3. The summed E-state index contributed by atoms with van der Waals surface area (Å²) < 4.78 is 0. The van der Waals surface area contributed by atoms with Crippen molar-refractivity contribution in [3.05, 3.63) is 0 Å². The lowest BCUT2D eigenvalue weighted by molar-refractivity contribution is 0.0279. The summed E-state index contributed by atoms with van der Waals surface area (Å²) in [5.74, 6) is 1.28. The van der Waals surface area contributed by atoms with Crippen molar-refractivity contribution in [2.24, 2.45) is 11.8 Å². The third-order valence-corrected chi connectivity index (χ3v) is 4.56. The Morgan fingerprint density at radius 1 is 1.29 bits per heavy atom. The second-order valence-corrected chi connectivity index (χ2v) is 5.95. The first-order chi connectivity index (χ1) is 8.20. The van der Waals surface area contributed by atoms with Gasteiger partial charge in [0.1, 0.15) is 0 Å². The average molecular weight is 240 g/mol. The van der Waals surface area contributed by atoms with Gasteiger partial charge in [-0.1, -0.05) is 20.3 Å². The highest BCUT2D eigenvalue weighted by atomic mass is 16.3. The van der Waals surface area contributed by atoms with Gasteiger partial charge in [-0.15, -0.1) is 0 Å². The molecule has 3 nitrogen and oxygen atoms in total. The lowest BCUT2D eigenvalue weighted by Crippen LogP contribution is -2.46. The molecule has 0 aromatic heterocycles. The molecule has 1 heterocycles. The van der Waals surface area contributed by atoms with E-state index >= 15 is 0 Å². The summed E-state index contributed by atoms with van der Waals surface area (Å²) in [4.78, 5) is 2.57. The zero-order chi connectivity index (χ0) is 12.3. The first kappa shape index (κ1) is 13.3. The van der Waals surface area contributed by atoms with Crippen molar-refractivity contribution in [2.45, 2.75) is 51.7 Å². The number of hydrogen-bond acceptors (Lipinski definition) is 3. The number of hydrogen-bond donors (Lipinski definition) is 2. The summed E-state index contributed by atoms with van der Waals surface area (Å²) in [5, 5.41) is 13.4. The molecule has 2 rings (SSSR count). The van der Waals surface area contributed by atoms with E-state index in [2.05, 4.69) is 24.1 Å². The number of rotatable bonds is 4. The highest BCUT2D eigenvalue weighted by Crippen LogP contribution is 2.28. The molecular formula is C14H28N2O. The van der Waals surface area contributed by atoms with Crippen LogP contribution in [0.4, 0.5) is 0 Å². The molecule has 3 heteroatoms. The molecule has 2 N–H and O–H groups in total. The topological polar surface area (TPSA) is 35.5 Å². The van der Waals surface area contributed by atoms with Crippen molar-refractivity contribution in [3.8, 4) is 0 Å². The van der Waals surface area contributed by atoms with Gasteiger partial charge in [0, 0.05) is 25.7 Å². The summed E-state index contributed by atoms with van der Waals surface area (Å²) in [6, 6.07) is 0.738. The fourth-order valence-corrected chi connectivity index (χ4v) is 3.50. The van der Waals surface area contributed by atoms with Crippen molar-refractivity contribution >= 4 is 0 Å². The molecule has 2 aliphatic rings. The molecule has 100 valence electrons. The predicted octanol–water partition coefficient (Wildman–Crippen LogP) is 1.47. The van der Waals surface area contributed by atoms with Gasteiger partial charge in [-0.2, -0.15) is 0 Å². The number of nitrogens with one attached hydrogen (secondary N) is 1. The average Bonchev–Trinajstić information content (AvgIpc) is 2.72. The van der Waals surface area contributed by atoms with Gasteiger partial charge in [0.2, 0.25) is 0 Å². The smallest absolute Gasteiger partial charge is 0.0590 e. The van der Waals surface area contributed by atoms with Crippen molar-refractivity contribution in [1.82, 2.24) is 10.2 Å². The molecule has 1 aliphatic carbocycles.